The Morgan fingerprint density at radius 1 is 0.875 bits per heavy atom. The Morgan fingerprint density at radius 2 is 1.42 bits per heavy atom. The summed E-state index contributed by atoms with van der Waals surface area (Å²) in [4.78, 5) is 0. The van der Waals surface area contributed by atoms with E-state index >= 15 is 0 Å². The molecule has 2 aromatic rings. The van der Waals surface area contributed by atoms with E-state index in [9.17, 15) is 5.11 Å². The lowest BCUT2D eigenvalue weighted by atomic mass is 9.94. The van der Waals surface area contributed by atoms with Crippen molar-refractivity contribution in [3.05, 3.63) is 71.8 Å². The summed E-state index contributed by atoms with van der Waals surface area (Å²) in [7, 11) is 0. The van der Waals surface area contributed by atoms with Crippen LogP contribution in [0.3, 0.4) is 0 Å². The Bertz CT molecular complexity index is 546. The third kappa shape index (κ3) is 6.27. The molecular weight excluding hydrogens is 318 g/mol. The zero-order valence-corrected chi connectivity index (χ0v) is 15.5. The van der Waals surface area contributed by atoms with Gasteiger partial charge in [0.25, 0.3) is 0 Å². The van der Waals surface area contributed by atoms with Crippen LogP contribution in [-0.4, -0.2) is 11.1 Å². The summed E-state index contributed by atoms with van der Waals surface area (Å²) in [5, 5.41) is 14.5. The quantitative estimate of drug-likeness (QED) is 0.592. The third-order valence-corrected chi connectivity index (χ3v) is 4.32. The highest BCUT2D eigenvalue weighted by Crippen LogP contribution is 2.29. The van der Waals surface area contributed by atoms with E-state index in [2.05, 4.69) is 31.3 Å². The van der Waals surface area contributed by atoms with Crippen molar-refractivity contribution < 1.29 is 5.11 Å². The van der Waals surface area contributed by atoms with Crippen molar-refractivity contribution in [2.75, 3.05) is 0 Å². The maximum atomic E-state index is 10.9. The van der Waals surface area contributed by atoms with E-state index in [0.717, 1.165) is 17.5 Å². The average Bonchev–Trinajstić information content (AvgIpc) is 2.61. The fourth-order valence-electron chi connectivity index (χ4n) is 2.96. The molecule has 0 radical (unpaired) electrons. The molecule has 0 fully saturated rings. The molecule has 2 rings (SSSR count). The number of hydrogen-bond acceptors (Lipinski definition) is 2. The number of hydrogen-bond donors (Lipinski definition) is 2. The van der Waals surface area contributed by atoms with Crippen LogP contribution in [0.25, 0.3) is 0 Å². The highest BCUT2D eigenvalue weighted by molar-refractivity contribution is 5.85. The number of unbranched alkanes of at least 4 members (excludes halogenated alkanes) is 2. The van der Waals surface area contributed by atoms with Gasteiger partial charge in [-0.25, -0.2) is 0 Å². The summed E-state index contributed by atoms with van der Waals surface area (Å²) in [5.74, 6) is 0. The lowest BCUT2D eigenvalue weighted by Crippen LogP contribution is -2.34. The van der Waals surface area contributed by atoms with Crippen molar-refractivity contribution in [3.63, 3.8) is 0 Å². The van der Waals surface area contributed by atoms with Gasteiger partial charge in [0.15, 0.2) is 0 Å². The topological polar surface area (TPSA) is 32.3 Å². The second-order valence-corrected chi connectivity index (χ2v) is 6.31. The minimum Gasteiger partial charge on any atom is -0.386 e. The van der Waals surface area contributed by atoms with E-state index in [4.69, 9.17) is 0 Å². The summed E-state index contributed by atoms with van der Waals surface area (Å²) in [6.45, 7) is 4.44. The molecular formula is C21H30ClNO. The maximum absolute atomic E-state index is 10.9. The zero-order chi connectivity index (χ0) is 16.5. The molecule has 132 valence electrons. The van der Waals surface area contributed by atoms with Gasteiger partial charge in [0, 0.05) is 6.04 Å². The number of nitrogens with one attached hydrogen (secondary N) is 1. The van der Waals surface area contributed by atoms with Gasteiger partial charge in [-0.15, -0.1) is 12.4 Å². The first-order chi connectivity index (χ1) is 11.2. The largest absolute Gasteiger partial charge is 0.386 e. The van der Waals surface area contributed by atoms with Gasteiger partial charge in [-0.2, -0.15) is 0 Å². The van der Waals surface area contributed by atoms with Crippen LogP contribution in [0.5, 0.6) is 0 Å². The molecule has 3 heteroatoms. The predicted octanol–water partition coefficient (Wildman–Crippen LogP) is 5.44. The second kappa shape index (κ2) is 11.2. The fraction of sp³-hybridized carbons (Fsp3) is 0.429. The van der Waals surface area contributed by atoms with E-state index in [1.165, 1.54) is 19.3 Å². The molecule has 0 heterocycles. The van der Waals surface area contributed by atoms with Gasteiger partial charge >= 0.3 is 0 Å². The molecule has 0 saturated carbocycles. The molecule has 3 unspecified atom stereocenters. The lowest BCUT2D eigenvalue weighted by molar-refractivity contribution is 0.121. The standard InChI is InChI=1S/C21H29NO.ClH/c1-3-4-7-12-17(2)22-20(18-13-8-5-9-14-18)21(23)19-15-10-6-11-16-19;/h5-6,8-11,13-17,20-23H,3-4,7,12H2,1-2H3;1H. The van der Waals surface area contributed by atoms with Crippen molar-refractivity contribution in [1.82, 2.24) is 5.32 Å². The number of benzene rings is 2. The Kier molecular flexibility index (Phi) is 9.70. The van der Waals surface area contributed by atoms with Gasteiger partial charge in [0.2, 0.25) is 0 Å². The summed E-state index contributed by atoms with van der Waals surface area (Å²) >= 11 is 0. The van der Waals surface area contributed by atoms with Crippen LogP contribution in [0, 0.1) is 0 Å². The highest BCUT2D eigenvalue weighted by atomic mass is 35.5. The molecule has 0 amide bonds. The van der Waals surface area contributed by atoms with E-state index < -0.39 is 6.10 Å². The molecule has 0 saturated heterocycles. The summed E-state index contributed by atoms with van der Waals surface area (Å²) in [6.07, 6.45) is 4.32. The average molecular weight is 348 g/mol. The summed E-state index contributed by atoms with van der Waals surface area (Å²) < 4.78 is 0. The van der Waals surface area contributed by atoms with Crippen LogP contribution in [0.1, 0.15) is 62.8 Å². The summed E-state index contributed by atoms with van der Waals surface area (Å²) in [6, 6.07) is 20.5. The van der Waals surface area contributed by atoms with E-state index in [1.54, 1.807) is 0 Å². The normalized spacial score (nSPS) is 14.5. The van der Waals surface area contributed by atoms with Crippen LogP contribution in [-0.2, 0) is 0 Å². The molecule has 2 aromatic carbocycles. The molecule has 0 bridgehead atoms. The Hall–Kier alpha value is -1.35. The second-order valence-electron chi connectivity index (χ2n) is 6.31. The van der Waals surface area contributed by atoms with Crippen molar-refractivity contribution in [2.24, 2.45) is 0 Å². The van der Waals surface area contributed by atoms with Crippen LogP contribution >= 0.6 is 12.4 Å². The molecule has 0 aliphatic heterocycles. The van der Waals surface area contributed by atoms with Gasteiger partial charge in [-0.05, 0) is 24.5 Å². The van der Waals surface area contributed by atoms with Gasteiger partial charge in [0.1, 0.15) is 0 Å². The Labute approximate surface area is 152 Å². The fourth-order valence-corrected chi connectivity index (χ4v) is 2.96. The van der Waals surface area contributed by atoms with Crippen LogP contribution in [0.15, 0.2) is 60.7 Å². The number of halogens is 1. The third-order valence-electron chi connectivity index (χ3n) is 4.32. The number of rotatable bonds is 9. The molecule has 24 heavy (non-hydrogen) atoms. The van der Waals surface area contributed by atoms with Gasteiger partial charge in [-0.3, -0.25) is 0 Å². The molecule has 2 N–H and O–H groups in total. The SMILES string of the molecule is CCCCCC(C)NC(c1ccccc1)C(O)c1ccccc1.Cl. The maximum Gasteiger partial charge on any atom is 0.0984 e. The van der Waals surface area contributed by atoms with Crippen molar-refractivity contribution in [1.29, 1.82) is 0 Å². The molecule has 0 aromatic heterocycles. The predicted molar refractivity (Wildman–Crippen MR) is 105 cm³/mol. The molecule has 0 aliphatic rings. The van der Waals surface area contributed by atoms with Crippen molar-refractivity contribution in [3.8, 4) is 0 Å². The van der Waals surface area contributed by atoms with Crippen LogP contribution in [0.2, 0.25) is 0 Å². The number of aliphatic hydroxyl groups excluding tert-OH is 1. The Balaban J connectivity index is 0.00000288. The zero-order valence-electron chi connectivity index (χ0n) is 14.7. The minimum atomic E-state index is -0.549. The van der Waals surface area contributed by atoms with Crippen molar-refractivity contribution in [2.45, 2.75) is 57.7 Å². The highest BCUT2D eigenvalue weighted by Gasteiger charge is 2.23. The molecule has 0 aliphatic carbocycles. The monoisotopic (exact) mass is 347 g/mol. The van der Waals surface area contributed by atoms with E-state index in [-0.39, 0.29) is 18.4 Å². The number of aliphatic hydroxyl groups is 1. The van der Waals surface area contributed by atoms with E-state index in [1.807, 2.05) is 48.5 Å². The van der Waals surface area contributed by atoms with Gasteiger partial charge in [0.05, 0.1) is 12.1 Å². The first kappa shape index (κ1) is 20.7. The first-order valence-electron chi connectivity index (χ1n) is 8.76. The van der Waals surface area contributed by atoms with E-state index in [0.29, 0.717) is 6.04 Å². The minimum absolute atomic E-state index is 0. The smallest absolute Gasteiger partial charge is 0.0984 e. The Morgan fingerprint density at radius 3 is 1.96 bits per heavy atom. The summed E-state index contributed by atoms with van der Waals surface area (Å²) in [5.41, 5.74) is 2.08. The molecule has 0 spiro atoms. The molecule has 2 nitrogen and oxygen atoms in total. The molecule has 3 atom stereocenters. The van der Waals surface area contributed by atoms with Crippen molar-refractivity contribution >= 4 is 12.4 Å². The van der Waals surface area contributed by atoms with Gasteiger partial charge in [-0.1, -0.05) is 86.8 Å². The van der Waals surface area contributed by atoms with Crippen LogP contribution < -0.4 is 5.32 Å². The van der Waals surface area contributed by atoms with Crippen LogP contribution in [0.4, 0.5) is 0 Å². The lowest BCUT2D eigenvalue weighted by Gasteiger charge is -2.28. The van der Waals surface area contributed by atoms with Gasteiger partial charge < -0.3 is 10.4 Å². The first-order valence-corrected chi connectivity index (χ1v) is 8.76.